The predicted octanol–water partition coefficient (Wildman–Crippen LogP) is 5.03. The summed E-state index contributed by atoms with van der Waals surface area (Å²) in [5, 5.41) is 16.4. The van der Waals surface area contributed by atoms with Crippen molar-refractivity contribution < 1.29 is 29.0 Å². The number of aromatic hydroxyl groups is 1. The Labute approximate surface area is 282 Å². The molecule has 3 N–H and O–H groups in total. The summed E-state index contributed by atoms with van der Waals surface area (Å²) in [6.07, 6.45) is 2.29. The Morgan fingerprint density at radius 2 is 1.69 bits per heavy atom. The molecule has 10 nitrogen and oxygen atoms in total. The van der Waals surface area contributed by atoms with Crippen LogP contribution in [-0.2, 0) is 45.1 Å². The first-order chi connectivity index (χ1) is 22.8. The second kappa shape index (κ2) is 14.5. The predicted molar refractivity (Wildman–Crippen MR) is 182 cm³/mol. The van der Waals surface area contributed by atoms with Gasteiger partial charge in [0.15, 0.2) is 0 Å². The molecule has 48 heavy (non-hydrogen) atoms. The number of amides is 4. The van der Waals surface area contributed by atoms with E-state index in [0.29, 0.717) is 0 Å². The van der Waals surface area contributed by atoms with Crippen LogP contribution in [0, 0.1) is 5.41 Å². The van der Waals surface area contributed by atoms with E-state index in [9.17, 15) is 24.3 Å². The molecule has 0 bridgehead atoms. The van der Waals surface area contributed by atoms with E-state index in [1.807, 2.05) is 69.3 Å². The van der Waals surface area contributed by atoms with E-state index in [1.165, 1.54) is 22.4 Å². The number of fused-ring (bicyclic) bond motifs is 2. The molecule has 3 aromatic carbocycles. The van der Waals surface area contributed by atoms with Gasteiger partial charge in [0.25, 0.3) is 0 Å². The highest BCUT2D eigenvalue weighted by Gasteiger charge is 2.43. The number of phenols is 1. The van der Waals surface area contributed by atoms with E-state index in [0.717, 1.165) is 41.5 Å². The largest absolute Gasteiger partial charge is 0.508 e. The maximum Gasteiger partial charge on any atom is 0.410 e. The molecular formula is C38H46N4O6. The number of aryl methyl sites for hydroxylation is 1. The summed E-state index contributed by atoms with van der Waals surface area (Å²) in [6.45, 7) is 7.25. The van der Waals surface area contributed by atoms with Crippen molar-refractivity contribution >= 4 is 23.8 Å². The van der Waals surface area contributed by atoms with E-state index in [1.54, 1.807) is 25.1 Å². The summed E-state index contributed by atoms with van der Waals surface area (Å²) in [4.78, 5) is 57.8. The van der Waals surface area contributed by atoms with Gasteiger partial charge in [0.1, 0.15) is 30.5 Å². The number of rotatable bonds is 8. The number of carbonyl (C=O) groups excluding carboxylic acids is 4. The topological polar surface area (TPSA) is 128 Å². The van der Waals surface area contributed by atoms with Crippen molar-refractivity contribution in [1.82, 2.24) is 20.4 Å². The lowest BCUT2D eigenvalue weighted by atomic mass is 9.83. The van der Waals surface area contributed by atoms with Crippen LogP contribution in [0.2, 0.25) is 0 Å². The number of likely N-dealkylation sites (N-methyl/N-ethyl adjacent to an activating group) is 1. The molecule has 254 valence electrons. The number of ether oxygens (including phenoxy) is 1. The van der Waals surface area contributed by atoms with Crippen molar-refractivity contribution in [2.75, 3.05) is 7.05 Å². The molecule has 0 saturated heterocycles. The zero-order chi connectivity index (χ0) is 34.6. The molecule has 1 aliphatic carbocycles. The third-order valence-electron chi connectivity index (χ3n) is 9.44. The van der Waals surface area contributed by atoms with Crippen LogP contribution in [-0.4, -0.2) is 63.9 Å². The summed E-state index contributed by atoms with van der Waals surface area (Å²) in [5.74, 6) is -1.15. The minimum Gasteiger partial charge on any atom is -0.508 e. The van der Waals surface area contributed by atoms with Gasteiger partial charge in [0.05, 0.1) is 6.04 Å². The van der Waals surface area contributed by atoms with E-state index in [2.05, 4.69) is 16.7 Å². The standard InChI is InChI=1S/C38H46N4O6/c1-24(41(5)37(47)48-23-25-12-7-6-8-13-25)34(44)40-33(38(2,3)4)36(46)42-22-28-20-29(43)19-18-27(28)21-32(42)35(45)39-31-17-11-15-26-14-9-10-16-30(26)31/h6-10,12-14,16,18-20,24,31-33,43H,11,15,17,21-23H2,1-5H3,(H,39,45)(H,40,44)/t24-,31+,32-,33+/m0/s1. The molecular weight excluding hydrogens is 608 g/mol. The Hall–Kier alpha value is -4.86. The summed E-state index contributed by atoms with van der Waals surface area (Å²) >= 11 is 0. The monoisotopic (exact) mass is 654 g/mol. The highest BCUT2D eigenvalue weighted by atomic mass is 16.6. The van der Waals surface area contributed by atoms with Crippen LogP contribution in [0.4, 0.5) is 4.79 Å². The van der Waals surface area contributed by atoms with Gasteiger partial charge in [-0.05, 0) is 71.6 Å². The molecule has 5 rings (SSSR count). The Bertz CT molecular complexity index is 1650. The van der Waals surface area contributed by atoms with Gasteiger partial charge in [0, 0.05) is 20.0 Å². The van der Waals surface area contributed by atoms with Gasteiger partial charge in [0.2, 0.25) is 17.7 Å². The molecule has 0 unspecified atom stereocenters. The first kappa shape index (κ1) is 34.5. The fraction of sp³-hybridized carbons (Fsp3) is 0.421. The van der Waals surface area contributed by atoms with E-state index in [4.69, 9.17) is 4.74 Å². The fourth-order valence-electron chi connectivity index (χ4n) is 6.44. The van der Waals surface area contributed by atoms with Crippen molar-refractivity contribution in [3.63, 3.8) is 0 Å². The molecule has 1 aliphatic heterocycles. The zero-order valence-corrected chi connectivity index (χ0v) is 28.4. The Kier molecular flexibility index (Phi) is 10.4. The summed E-state index contributed by atoms with van der Waals surface area (Å²) < 4.78 is 5.41. The lowest BCUT2D eigenvalue weighted by Gasteiger charge is -2.42. The maximum atomic E-state index is 14.5. The number of carbonyl (C=O) groups is 4. The third kappa shape index (κ3) is 7.81. The van der Waals surface area contributed by atoms with Gasteiger partial charge in [-0.15, -0.1) is 0 Å². The number of benzene rings is 3. The molecule has 0 aromatic heterocycles. The smallest absolute Gasteiger partial charge is 0.410 e. The van der Waals surface area contributed by atoms with Crippen molar-refractivity contribution in [1.29, 1.82) is 0 Å². The van der Waals surface area contributed by atoms with Crippen molar-refractivity contribution in [2.45, 2.75) is 90.7 Å². The molecule has 4 amide bonds. The molecule has 0 fully saturated rings. The number of phenolic OH excluding ortho intramolecular Hbond substituents is 1. The maximum absolute atomic E-state index is 14.5. The Morgan fingerprint density at radius 1 is 0.979 bits per heavy atom. The first-order valence-electron chi connectivity index (χ1n) is 16.6. The second-order valence-electron chi connectivity index (χ2n) is 13.9. The third-order valence-corrected chi connectivity index (χ3v) is 9.44. The van der Waals surface area contributed by atoms with Crippen LogP contribution >= 0.6 is 0 Å². The SMILES string of the molecule is C[C@@H](C(=O)N[C@H](C(=O)N1Cc2cc(O)ccc2C[C@H]1C(=O)N[C@@H]1CCCc2ccccc21)C(C)(C)C)N(C)C(=O)OCc1ccccc1. The van der Waals surface area contributed by atoms with Gasteiger partial charge in [-0.3, -0.25) is 19.3 Å². The Morgan fingerprint density at radius 3 is 2.42 bits per heavy atom. The summed E-state index contributed by atoms with van der Waals surface area (Å²) in [5.41, 5.74) is 3.99. The number of hydrogen-bond donors (Lipinski definition) is 3. The van der Waals surface area contributed by atoms with E-state index >= 15 is 0 Å². The van der Waals surface area contributed by atoms with E-state index < -0.39 is 41.4 Å². The Balaban J connectivity index is 1.35. The minimum absolute atomic E-state index is 0.0589. The van der Waals surface area contributed by atoms with Crippen molar-refractivity contribution in [3.8, 4) is 5.75 Å². The van der Waals surface area contributed by atoms with Gasteiger partial charge < -0.3 is 25.4 Å². The number of nitrogens with zero attached hydrogens (tertiary/aromatic N) is 2. The van der Waals surface area contributed by atoms with Crippen molar-refractivity contribution in [3.05, 3.63) is 101 Å². The summed E-state index contributed by atoms with van der Waals surface area (Å²) in [7, 11) is 1.48. The second-order valence-corrected chi connectivity index (χ2v) is 13.9. The van der Waals surface area contributed by atoms with Crippen LogP contribution in [0.3, 0.4) is 0 Å². The lowest BCUT2D eigenvalue weighted by molar-refractivity contribution is -0.147. The molecule has 0 saturated carbocycles. The van der Waals surface area contributed by atoms with Gasteiger partial charge >= 0.3 is 6.09 Å². The van der Waals surface area contributed by atoms with E-state index in [-0.39, 0.29) is 37.3 Å². The summed E-state index contributed by atoms with van der Waals surface area (Å²) in [6, 6.07) is 19.4. The number of nitrogens with one attached hydrogen (secondary N) is 2. The normalized spacial score (nSPS) is 18.4. The van der Waals surface area contributed by atoms with Gasteiger partial charge in [-0.1, -0.05) is 81.4 Å². The molecule has 0 spiro atoms. The molecule has 10 heteroatoms. The first-order valence-corrected chi connectivity index (χ1v) is 16.6. The molecule has 0 radical (unpaired) electrons. The van der Waals surface area contributed by atoms with Crippen molar-refractivity contribution in [2.24, 2.45) is 5.41 Å². The van der Waals surface area contributed by atoms with Crippen LogP contribution < -0.4 is 10.6 Å². The van der Waals surface area contributed by atoms with Gasteiger partial charge in [-0.25, -0.2) is 4.79 Å². The fourth-order valence-corrected chi connectivity index (χ4v) is 6.44. The van der Waals surface area contributed by atoms with Gasteiger partial charge in [-0.2, -0.15) is 0 Å². The van der Waals surface area contributed by atoms with Crippen LogP contribution in [0.5, 0.6) is 5.75 Å². The highest BCUT2D eigenvalue weighted by molar-refractivity contribution is 5.94. The average molecular weight is 655 g/mol. The minimum atomic E-state index is -1.02. The highest BCUT2D eigenvalue weighted by Crippen LogP contribution is 2.33. The van der Waals surface area contributed by atoms with Crippen LogP contribution in [0.25, 0.3) is 0 Å². The molecule has 1 heterocycles. The molecule has 3 aromatic rings. The average Bonchev–Trinajstić information content (AvgIpc) is 3.07. The van der Waals surface area contributed by atoms with Crippen LogP contribution in [0.15, 0.2) is 72.8 Å². The zero-order valence-electron chi connectivity index (χ0n) is 28.4. The quantitative estimate of drug-likeness (QED) is 0.313. The molecule has 4 atom stereocenters. The number of hydrogen-bond acceptors (Lipinski definition) is 6. The van der Waals surface area contributed by atoms with Crippen LogP contribution in [0.1, 0.15) is 74.4 Å². The molecule has 2 aliphatic rings. The lowest BCUT2D eigenvalue weighted by Crippen LogP contribution is -2.62.